The van der Waals surface area contributed by atoms with E-state index in [1.165, 1.54) is 11.3 Å². The number of primary amides is 1. The summed E-state index contributed by atoms with van der Waals surface area (Å²) in [6.45, 7) is 0. The van der Waals surface area contributed by atoms with Crippen molar-refractivity contribution in [3.05, 3.63) is 22.7 Å². The number of anilines is 1. The normalized spacial score (nSPS) is 9.39. The van der Waals surface area contributed by atoms with Crippen LogP contribution < -0.4 is 11.1 Å². The lowest BCUT2D eigenvalue weighted by molar-refractivity contribution is 0.205. The molecule has 0 spiro atoms. The fourth-order valence-corrected chi connectivity index (χ4v) is 2.23. The second kappa shape index (κ2) is 6.17. The molecule has 9 heteroatoms. The van der Waals surface area contributed by atoms with E-state index in [1.54, 1.807) is 0 Å². The van der Waals surface area contributed by atoms with Gasteiger partial charge in [-0.3, -0.25) is 5.32 Å². The Bertz CT molecular complexity index is 582. The fraction of sp³-hybridized carbons (Fsp3) is 0. The fourth-order valence-electron chi connectivity index (χ4n) is 1.05. The zero-order chi connectivity index (χ0) is 13.7. The lowest BCUT2D eigenvalue weighted by atomic mass is 10.3. The van der Waals surface area contributed by atoms with Gasteiger partial charge in [0.2, 0.25) is 0 Å². The SMILES string of the molecule is NC(=O)O.O=C(O)Nc1nc2cc(Br)ccc2s1. The van der Waals surface area contributed by atoms with Gasteiger partial charge in [0.05, 0.1) is 10.2 Å². The van der Waals surface area contributed by atoms with Gasteiger partial charge in [-0.1, -0.05) is 27.3 Å². The first kappa shape index (κ1) is 14.2. The number of benzene rings is 1. The van der Waals surface area contributed by atoms with Crippen LogP contribution in [0.15, 0.2) is 22.7 Å². The van der Waals surface area contributed by atoms with Gasteiger partial charge in [-0.15, -0.1) is 0 Å². The average molecular weight is 334 g/mol. The summed E-state index contributed by atoms with van der Waals surface area (Å²) in [6.07, 6.45) is -2.43. The molecule has 0 fully saturated rings. The lowest BCUT2D eigenvalue weighted by Crippen LogP contribution is -2.06. The minimum Gasteiger partial charge on any atom is -0.465 e. The monoisotopic (exact) mass is 333 g/mol. The van der Waals surface area contributed by atoms with E-state index in [2.05, 4.69) is 32.0 Å². The van der Waals surface area contributed by atoms with Crippen LogP contribution in [0, 0.1) is 0 Å². The zero-order valence-electron chi connectivity index (χ0n) is 8.75. The lowest BCUT2D eigenvalue weighted by Gasteiger charge is -1.89. The van der Waals surface area contributed by atoms with E-state index >= 15 is 0 Å². The van der Waals surface area contributed by atoms with Crippen LogP contribution in [0.5, 0.6) is 0 Å². The molecular formula is C9H8BrN3O4S. The minimum atomic E-state index is -1.33. The Balaban J connectivity index is 0.000000357. The summed E-state index contributed by atoms with van der Waals surface area (Å²) in [7, 11) is 0. The highest BCUT2D eigenvalue weighted by Crippen LogP contribution is 2.27. The third kappa shape index (κ3) is 4.55. The Morgan fingerprint density at radius 3 is 2.56 bits per heavy atom. The number of nitrogens with one attached hydrogen (secondary N) is 1. The maximum Gasteiger partial charge on any atom is 0.410 e. The molecule has 18 heavy (non-hydrogen) atoms. The molecule has 0 bridgehead atoms. The Hall–Kier alpha value is -1.87. The van der Waals surface area contributed by atoms with Gasteiger partial charge < -0.3 is 15.9 Å². The number of nitrogens with two attached hydrogens (primary N) is 1. The van der Waals surface area contributed by atoms with Crippen molar-refractivity contribution >= 4 is 54.8 Å². The van der Waals surface area contributed by atoms with E-state index in [0.29, 0.717) is 5.13 Å². The minimum absolute atomic E-state index is 0.394. The van der Waals surface area contributed by atoms with Gasteiger partial charge in [0, 0.05) is 4.47 Å². The maximum atomic E-state index is 10.4. The topological polar surface area (TPSA) is 126 Å². The first-order valence-corrected chi connectivity index (χ1v) is 6.04. The largest absolute Gasteiger partial charge is 0.465 e. The number of carboxylic acid groups (broad SMARTS) is 2. The van der Waals surface area contributed by atoms with Gasteiger partial charge in [-0.2, -0.15) is 0 Å². The molecule has 0 unspecified atom stereocenters. The molecule has 7 nitrogen and oxygen atoms in total. The molecule has 0 aliphatic rings. The highest BCUT2D eigenvalue weighted by atomic mass is 79.9. The van der Waals surface area contributed by atoms with Crippen molar-refractivity contribution in [2.24, 2.45) is 5.73 Å². The molecule has 2 rings (SSSR count). The molecular weight excluding hydrogens is 326 g/mol. The smallest absolute Gasteiger partial charge is 0.410 e. The van der Waals surface area contributed by atoms with Crippen LogP contribution >= 0.6 is 27.3 Å². The van der Waals surface area contributed by atoms with Gasteiger partial charge in [0.25, 0.3) is 0 Å². The van der Waals surface area contributed by atoms with E-state index in [0.717, 1.165) is 14.7 Å². The quantitative estimate of drug-likeness (QED) is 0.638. The Kier molecular flexibility index (Phi) is 4.86. The number of aromatic nitrogens is 1. The molecule has 0 radical (unpaired) electrons. The highest BCUT2D eigenvalue weighted by molar-refractivity contribution is 9.10. The summed E-state index contributed by atoms with van der Waals surface area (Å²) in [6, 6.07) is 5.63. The van der Waals surface area contributed by atoms with Crippen molar-refractivity contribution in [3.63, 3.8) is 0 Å². The number of thiazole rings is 1. The van der Waals surface area contributed by atoms with E-state index < -0.39 is 12.2 Å². The molecule has 96 valence electrons. The number of hydrogen-bond donors (Lipinski definition) is 4. The second-order valence-electron chi connectivity index (χ2n) is 2.90. The van der Waals surface area contributed by atoms with Crippen LogP contribution in [0.3, 0.4) is 0 Å². The number of nitrogens with zero attached hydrogens (tertiary/aromatic N) is 1. The van der Waals surface area contributed by atoms with Gasteiger partial charge in [-0.05, 0) is 18.2 Å². The Labute approximate surface area is 113 Å². The predicted molar refractivity (Wildman–Crippen MR) is 71.2 cm³/mol. The molecule has 1 aromatic carbocycles. The second-order valence-corrected chi connectivity index (χ2v) is 4.85. The summed E-state index contributed by atoms with van der Waals surface area (Å²) in [5.41, 5.74) is 4.81. The van der Waals surface area contributed by atoms with Gasteiger partial charge in [0.15, 0.2) is 5.13 Å². The van der Waals surface area contributed by atoms with Crippen molar-refractivity contribution in [2.45, 2.75) is 0 Å². The van der Waals surface area contributed by atoms with E-state index in [-0.39, 0.29) is 0 Å². The molecule has 0 atom stereocenters. The standard InChI is InChI=1S/C8H5BrN2O2S.CH3NO2/c9-4-1-2-6-5(3-4)10-7(14-6)11-8(12)13;2-1(3)4/h1-3H,(H,10,11)(H,12,13);2H2,(H,3,4). The molecule has 1 heterocycles. The van der Waals surface area contributed by atoms with Crippen LogP contribution in [0.2, 0.25) is 0 Å². The van der Waals surface area contributed by atoms with Crippen molar-refractivity contribution < 1.29 is 19.8 Å². The van der Waals surface area contributed by atoms with E-state index in [9.17, 15) is 4.79 Å². The zero-order valence-corrected chi connectivity index (χ0v) is 11.2. The molecule has 1 aromatic heterocycles. The van der Waals surface area contributed by atoms with Crippen LogP contribution in [-0.2, 0) is 0 Å². The Morgan fingerprint density at radius 2 is 2.00 bits per heavy atom. The van der Waals surface area contributed by atoms with Crippen molar-refractivity contribution in [2.75, 3.05) is 5.32 Å². The van der Waals surface area contributed by atoms with Crippen LogP contribution in [0.25, 0.3) is 10.2 Å². The van der Waals surface area contributed by atoms with Crippen molar-refractivity contribution in [1.82, 2.24) is 4.98 Å². The van der Waals surface area contributed by atoms with Crippen LogP contribution in [0.4, 0.5) is 14.7 Å². The predicted octanol–water partition coefficient (Wildman–Crippen LogP) is 2.77. The number of carbonyl (C=O) groups is 2. The number of rotatable bonds is 1. The molecule has 0 aliphatic carbocycles. The summed E-state index contributed by atoms with van der Waals surface area (Å²) < 4.78 is 1.88. The molecule has 2 amide bonds. The van der Waals surface area contributed by atoms with E-state index in [4.69, 9.17) is 15.0 Å². The number of fused-ring (bicyclic) bond motifs is 1. The molecule has 0 saturated heterocycles. The summed E-state index contributed by atoms with van der Waals surface area (Å²) >= 11 is 4.63. The highest BCUT2D eigenvalue weighted by Gasteiger charge is 2.05. The first-order valence-electron chi connectivity index (χ1n) is 4.43. The van der Waals surface area contributed by atoms with Crippen LogP contribution in [-0.4, -0.2) is 27.4 Å². The number of halogens is 1. The average Bonchev–Trinajstić information content (AvgIpc) is 2.56. The number of hydrogen-bond acceptors (Lipinski definition) is 4. The van der Waals surface area contributed by atoms with Crippen molar-refractivity contribution in [1.29, 1.82) is 0 Å². The van der Waals surface area contributed by atoms with Gasteiger partial charge in [-0.25, -0.2) is 14.6 Å². The summed E-state index contributed by atoms with van der Waals surface area (Å²) in [4.78, 5) is 23.2. The molecule has 2 aromatic rings. The van der Waals surface area contributed by atoms with Crippen molar-refractivity contribution in [3.8, 4) is 0 Å². The third-order valence-corrected chi connectivity index (χ3v) is 3.01. The number of amides is 2. The maximum absolute atomic E-state index is 10.4. The van der Waals surface area contributed by atoms with Gasteiger partial charge >= 0.3 is 12.2 Å². The van der Waals surface area contributed by atoms with E-state index in [1.807, 2.05) is 18.2 Å². The summed E-state index contributed by atoms with van der Waals surface area (Å²) in [5, 5.41) is 18.3. The Morgan fingerprint density at radius 1 is 1.39 bits per heavy atom. The van der Waals surface area contributed by atoms with Crippen LogP contribution in [0.1, 0.15) is 0 Å². The molecule has 5 N–H and O–H groups in total. The molecule has 0 aliphatic heterocycles. The first-order chi connectivity index (χ1) is 8.38. The summed E-state index contributed by atoms with van der Waals surface area (Å²) in [5.74, 6) is 0. The third-order valence-electron chi connectivity index (χ3n) is 1.56. The molecule has 0 saturated carbocycles. The van der Waals surface area contributed by atoms with Gasteiger partial charge in [0.1, 0.15) is 0 Å².